The molecule has 0 bridgehead atoms. The third kappa shape index (κ3) is 2.58. The number of hydrogen-bond acceptors (Lipinski definition) is 1. The van der Waals surface area contributed by atoms with Crippen LogP contribution in [0.4, 0.5) is 0 Å². The second-order valence-electron chi connectivity index (χ2n) is 3.39. The molecular formula is C11H14BrNO. The highest BCUT2D eigenvalue weighted by molar-refractivity contribution is 9.10. The summed E-state index contributed by atoms with van der Waals surface area (Å²) < 4.78 is 1.12. The largest absolute Gasteiger partial charge is 0.359 e. The van der Waals surface area contributed by atoms with E-state index in [9.17, 15) is 4.79 Å². The van der Waals surface area contributed by atoms with Crippen molar-refractivity contribution < 1.29 is 4.79 Å². The molecule has 0 spiro atoms. The fourth-order valence-electron chi connectivity index (χ4n) is 1.41. The maximum absolute atomic E-state index is 11.2. The summed E-state index contributed by atoms with van der Waals surface area (Å²) in [5.41, 5.74) is 3.40. The van der Waals surface area contributed by atoms with Crippen LogP contribution in [0, 0.1) is 13.8 Å². The lowest BCUT2D eigenvalue weighted by Crippen LogP contribution is -2.20. The predicted octanol–water partition coefficient (Wildman–Crippen LogP) is 2.35. The molecule has 1 aromatic rings. The van der Waals surface area contributed by atoms with Gasteiger partial charge in [0.05, 0.1) is 6.42 Å². The summed E-state index contributed by atoms with van der Waals surface area (Å²) in [6, 6.07) is 4.07. The maximum atomic E-state index is 11.2. The van der Waals surface area contributed by atoms with E-state index in [1.807, 2.05) is 26.0 Å². The Morgan fingerprint density at radius 2 is 1.86 bits per heavy atom. The SMILES string of the molecule is CNC(=O)Cc1cc(C)c(Br)c(C)c1. The van der Waals surface area contributed by atoms with Crippen LogP contribution in [-0.4, -0.2) is 13.0 Å². The summed E-state index contributed by atoms with van der Waals surface area (Å²) in [7, 11) is 1.65. The molecule has 1 aromatic carbocycles. The number of benzene rings is 1. The first kappa shape index (κ1) is 11.2. The molecule has 0 aliphatic heterocycles. The van der Waals surface area contributed by atoms with Gasteiger partial charge in [-0.2, -0.15) is 0 Å². The first-order valence-corrected chi connectivity index (χ1v) is 5.30. The summed E-state index contributed by atoms with van der Waals surface area (Å²) in [5, 5.41) is 2.62. The molecule has 0 saturated carbocycles. The van der Waals surface area contributed by atoms with Crippen LogP contribution >= 0.6 is 15.9 Å². The normalized spacial score (nSPS) is 10.0. The number of carbonyl (C=O) groups is 1. The number of hydrogen-bond donors (Lipinski definition) is 1. The Balaban J connectivity index is 2.95. The van der Waals surface area contributed by atoms with Gasteiger partial charge in [0.2, 0.25) is 5.91 Å². The minimum absolute atomic E-state index is 0.0473. The Morgan fingerprint density at radius 1 is 1.36 bits per heavy atom. The summed E-state index contributed by atoms with van der Waals surface area (Å²) >= 11 is 3.50. The van der Waals surface area contributed by atoms with Crippen molar-refractivity contribution in [3.63, 3.8) is 0 Å². The Morgan fingerprint density at radius 3 is 2.29 bits per heavy atom. The van der Waals surface area contributed by atoms with Gasteiger partial charge in [-0.1, -0.05) is 28.1 Å². The number of aryl methyl sites for hydroxylation is 2. The Labute approximate surface area is 92.8 Å². The molecular weight excluding hydrogens is 242 g/mol. The van der Waals surface area contributed by atoms with E-state index in [1.54, 1.807) is 7.05 Å². The van der Waals surface area contributed by atoms with Crippen LogP contribution in [-0.2, 0) is 11.2 Å². The lowest BCUT2D eigenvalue weighted by atomic mass is 10.0. The van der Waals surface area contributed by atoms with E-state index in [2.05, 4.69) is 21.2 Å². The third-order valence-corrected chi connectivity index (χ3v) is 3.39. The molecule has 0 atom stereocenters. The monoisotopic (exact) mass is 255 g/mol. The summed E-state index contributed by atoms with van der Waals surface area (Å²) in [4.78, 5) is 11.2. The molecule has 76 valence electrons. The molecule has 0 heterocycles. The second-order valence-corrected chi connectivity index (χ2v) is 4.19. The van der Waals surface area contributed by atoms with Gasteiger partial charge in [-0.15, -0.1) is 0 Å². The predicted molar refractivity (Wildman–Crippen MR) is 61.4 cm³/mol. The van der Waals surface area contributed by atoms with E-state index in [0.29, 0.717) is 6.42 Å². The van der Waals surface area contributed by atoms with Crippen LogP contribution in [0.3, 0.4) is 0 Å². The highest BCUT2D eigenvalue weighted by atomic mass is 79.9. The minimum atomic E-state index is 0.0473. The van der Waals surface area contributed by atoms with E-state index in [0.717, 1.165) is 10.0 Å². The average Bonchev–Trinajstić information content (AvgIpc) is 2.14. The van der Waals surface area contributed by atoms with Crippen molar-refractivity contribution in [2.45, 2.75) is 20.3 Å². The standard InChI is InChI=1S/C11H14BrNO/c1-7-4-9(6-10(14)13-3)5-8(2)11(7)12/h4-5H,6H2,1-3H3,(H,13,14). The quantitative estimate of drug-likeness (QED) is 0.864. The number of amides is 1. The third-order valence-electron chi connectivity index (χ3n) is 2.14. The van der Waals surface area contributed by atoms with Gasteiger partial charge in [0.25, 0.3) is 0 Å². The molecule has 1 rings (SSSR count). The van der Waals surface area contributed by atoms with Gasteiger partial charge < -0.3 is 5.32 Å². The van der Waals surface area contributed by atoms with Crippen molar-refractivity contribution in [3.8, 4) is 0 Å². The van der Waals surface area contributed by atoms with Crippen LogP contribution in [0.15, 0.2) is 16.6 Å². The topological polar surface area (TPSA) is 29.1 Å². The Hall–Kier alpha value is -0.830. The molecule has 0 aromatic heterocycles. The summed E-state index contributed by atoms with van der Waals surface area (Å²) in [6.07, 6.45) is 0.450. The number of halogens is 1. The van der Waals surface area contributed by atoms with E-state index in [4.69, 9.17) is 0 Å². The van der Waals surface area contributed by atoms with Crippen molar-refractivity contribution in [3.05, 3.63) is 33.3 Å². The van der Waals surface area contributed by atoms with E-state index >= 15 is 0 Å². The highest BCUT2D eigenvalue weighted by Crippen LogP contribution is 2.22. The molecule has 0 unspecified atom stereocenters. The van der Waals surface area contributed by atoms with Gasteiger partial charge in [0.1, 0.15) is 0 Å². The zero-order valence-corrected chi connectivity index (χ0v) is 10.2. The van der Waals surface area contributed by atoms with Gasteiger partial charge in [0.15, 0.2) is 0 Å². The molecule has 1 N–H and O–H groups in total. The number of carbonyl (C=O) groups excluding carboxylic acids is 1. The van der Waals surface area contributed by atoms with Crippen LogP contribution < -0.4 is 5.32 Å². The van der Waals surface area contributed by atoms with Crippen LogP contribution in [0.2, 0.25) is 0 Å². The Bertz CT molecular complexity index is 337. The highest BCUT2D eigenvalue weighted by Gasteiger charge is 2.05. The van der Waals surface area contributed by atoms with Crippen molar-refractivity contribution in [1.29, 1.82) is 0 Å². The number of nitrogens with one attached hydrogen (secondary N) is 1. The number of likely N-dealkylation sites (N-methyl/N-ethyl adjacent to an activating group) is 1. The lowest BCUT2D eigenvalue weighted by Gasteiger charge is -2.07. The van der Waals surface area contributed by atoms with Gasteiger partial charge in [-0.3, -0.25) is 4.79 Å². The Kier molecular flexibility index (Phi) is 3.69. The van der Waals surface area contributed by atoms with E-state index in [1.165, 1.54) is 11.1 Å². The molecule has 3 heteroatoms. The first-order valence-electron chi connectivity index (χ1n) is 4.50. The summed E-state index contributed by atoms with van der Waals surface area (Å²) in [5.74, 6) is 0.0473. The second kappa shape index (κ2) is 4.60. The average molecular weight is 256 g/mol. The van der Waals surface area contributed by atoms with Crippen molar-refractivity contribution in [2.75, 3.05) is 7.05 Å². The van der Waals surface area contributed by atoms with E-state index < -0.39 is 0 Å². The fraction of sp³-hybridized carbons (Fsp3) is 0.364. The smallest absolute Gasteiger partial charge is 0.224 e. The molecule has 2 nitrogen and oxygen atoms in total. The molecule has 0 fully saturated rings. The fourth-order valence-corrected chi connectivity index (χ4v) is 1.64. The zero-order chi connectivity index (χ0) is 10.7. The molecule has 1 amide bonds. The van der Waals surface area contributed by atoms with Crippen molar-refractivity contribution in [1.82, 2.24) is 5.32 Å². The van der Waals surface area contributed by atoms with Crippen LogP contribution in [0.5, 0.6) is 0 Å². The van der Waals surface area contributed by atoms with Crippen LogP contribution in [0.25, 0.3) is 0 Å². The van der Waals surface area contributed by atoms with Gasteiger partial charge in [-0.25, -0.2) is 0 Å². The van der Waals surface area contributed by atoms with Gasteiger partial charge >= 0.3 is 0 Å². The van der Waals surface area contributed by atoms with Gasteiger partial charge in [0, 0.05) is 11.5 Å². The summed E-state index contributed by atoms with van der Waals surface area (Å²) in [6.45, 7) is 4.06. The van der Waals surface area contributed by atoms with Crippen molar-refractivity contribution >= 4 is 21.8 Å². The number of rotatable bonds is 2. The maximum Gasteiger partial charge on any atom is 0.224 e. The lowest BCUT2D eigenvalue weighted by molar-refractivity contribution is -0.119. The molecule has 0 aliphatic carbocycles. The van der Waals surface area contributed by atoms with Crippen molar-refractivity contribution in [2.24, 2.45) is 0 Å². The van der Waals surface area contributed by atoms with Crippen LogP contribution in [0.1, 0.15) is 16.7 Å². The minimum Gasteiger partial charge on any atom is -0.359 e. The molecule has 0 radical (unpaired) electrons. The zero-order valence-electron chi connectivity index (χ0n) is 8.65. The molecule has 14 heavy (non-hydrogen) atoms. The van der Waals surface area contributed by atoms with Gasteiger partial charge in [-0.05, 0) is 30.5 Å². The first-order chi connectivity index (χ1) is 6.54. The molecule has 0 saturated heterocycles. The molecule has 0 aliphatic rings. The van der Waals surface area contributed by atoms with E-state index in [-0.39, 0.29) is 5.91 Å².